The van der Waals surface area contributed by atoms with E-state index in [0.717, 1.165) is 0 Å². The fraction of sp³-hybridized carbons (Fsp3) is 0.467. The second-order valence-electron chi connectivity index (χ2n) is 5.95. The molecule has 0 amide bonds. The lowest BCUT2D eigenvalue weighted by molar-refractivity contribution is -0.154. The lowest BCUT2D eigenvalue weighted by atomic mass is 10.0. The number of hydrogen-bond acceptors (Lipinski definition) is 5. The van der Waals surface area contributed by atoms with Gasteiger partial charge in [0.05, 0.1) is 6.54 Å². The Hall–Kier alpha value is -2.22. The zero-order valence-electron chi connectivity index (χ0n) is 13.0. The fourth-order valence-corrected chi connectivity index (χ4v) is 1.82. The summed E-state index contributed by atoms with van der Waals surface area (Å²) in [5.41, 5.74) is -1.22. The van der Waals surface area contributed by atoms with E-state index in [0.29, 0.717) is 12.1 Å². The van der Waals surface area contributed by atoms with Gasteiger partial charge in [0.25, 0.3) is 0 Å². The lowest BCUT2D eigenvalue weighted by Gasteiger charge is -2.21. The van der Waals surface area contributed by atoms with E-state index in [4.69, 9.17) is 14.9 Å². The number of phenolic OH excluding ortho intramolecular Hbond substituents is 1. The number of rotatable bonds is 6. The molecule has 23 heavy (non-hydrogen) atoms. The number of benzene rings is 1. The van der Waals surface area contributed by atoms with Crippen molar-refractivity contribution in [2.45, 2.75) is 38.8 Å². The first-order valence-corrected chi connectivity index (χ1v) is 6.84. The van der Waals surface area contributed by atoms with E-state index in [1.54, 1.807) is 20.8 Å². The van der Waals surface area contributed by atoms with Crippen molar-refractivity contribution in [3.63, 3.8) is 0 Å². The number of aromatic hydroxyl groups is 1. The molecular formula is C15H19F2NO5. The van der Waals surface area contributed by atoms with E-state index >= 15 is 0 Å². The highest BCUT2D eigenvalue weighted by atomic mass is 19.1. The van der Waals surface area contributed by atoms with Crippen LogP contribution in [0.2, 0.25) is 0 Å². The van der Waals surface area contributed by atoms with E-state index in [-0.39, 0.29) is 0 Å². The number of halogens is 2. The van der Waals surface area contributed by atoms with Gasteiger partial charge in [0.1, 0.15) is 29.0 Å². The molecule has 1 rings (SSSR count). The number of ether oxygens (including phenoxy) is 1. The molecule has 1 aromatic rings. The molecule has 1 aromatic carbocycles. The van der Waals surface area contributed by atoms with Gasteiger partial charge in [-0.05, 0) is 20.8 Å². The zero-order valence-corrected chi connectivity index (χ0v) is 13.0. The summed E-state index contributed by atoms with van der Waals surface area (Å²) in [4.78, 5) is 22.7. The number of nitrogens with one attached hydrogen (secondary N) is 1. The quantitative estimate of drug-likeness (QED) is 0.685. The van der Waals surface area contributed by atoms with Crippen LogP contribution in [0.4, 0.5) is 8.78 Å². The largest absolute Gasteiger partial charge is 0.508 e. The predicted molar refractivity (Wildman–Crippen MR) is 77.0 cm³/mol. The van der Waals surface area contributed by atoms with E-state index in [1.165, 1.54) is 0 Å². The number of aliphatic carboxylic acids is 1. The van der Waals surface area contributed by atoms with Crippen LogP contribution in [0.25, 0.3) is 0 Å². The molecule has 8 heteroatoms. The number of hydrogen-bond donors (Lipinski definition) is 3. The van der Waals surface area contributed by atoms with Gasteiger partial charge in [-0.25, -0.2) is 8.78 Å². The molecule has 0 radical (unpaired) electrons. The third-order valence-electron chi connectivity index (χ3n) is 2.74. The highest BCUT2D eigenvalue weighted by Gasteiger charge is 2.24. The Morgan fingerprint density at radius 2 is 1.78 bits per heavy atom. The van der Waals surface area contributed by atoms with Crippen molar-refractivity contribution in [3.8, 4) is 5.75 Å². The van der Waals surface area contributed by atoms with Gasteiger partial charge in [-0.15, -0.1) is 0 Å². The lowest BCUT2D eigenvalue weighted by Crippen LogP contribution is -2.43. The van der Waals surface area contributed by atoms with Crippen LogP contribution in [0.15, 0.2) is 12.1 Å². The molecule has 0 saturated heterocycles. The number of carboxylic acid groups (broad SMARTS) is 1. The summed E-state index contributed by atoms with van der Waals surface area (Å²) in [6.07, 6.45) is -0.532. The number of phenols is 1. The number of esters is 1. The SMILES string of the molecule is CC(C)(C)OC(=O)CN[C@@H](Cc1c(F)cc(O)cc1F)C(=O)O. The third kappa shape index (κ3) is 6.19. The van der Waals surface area contributed by atoms with Gasteiger partial charge in [0.2, 0.25) is 0 Å². The normalized spacial score (nSPS) is 12.7. The molecule has 0 aliphatic carbocycles. The van der Waals surface area contributed by atoms with Gasteiger partial charge in [-0.3, -0.25) is 14.9 Å². The van der Waals surface area contributed by atoms with Crippen molar-refractivity contribution in [2.75, 3.05) is 6.54 Å². The average Bonchev–Trinajstić information content (AvgIpc) is 2.34. The Labute approximate surface area is 132 Å². The summed E-state index contributed by atoms with van der Waals surface area (Å²) in [5, 5.41) is 20.6. The summed E-state index contributed by atoms with van der Waals surface area (Å²) in [7, 11) is 0. The molecule has 0 aliphatic rings. The Kier molecular flexibility index (Phi) is 6.03. The van der Waals surface area contributed by atoms with Crippen LogP contribution in [0.1, 0.15) is 26.3 Å². The van der Waals surface area contributed by atoms with E-state index in [2.05, 4.69) is 5.32 Å². The molecule has 0 spiro atoms. The monoisotopic (exact) mass is 331 g/mol. The van der Waals surface area contributed by atoms with Crippen molar-refractivity contribution in [3.05, 3.63) is 29.3 Å². The molecule has 0 bridgehead atoms. The number of carbonyl (C=O) groups excluding carboxylic acids is 1. The van der Waals surface area contributed by atoms with Crippen LogP contribution in [-0.4, -0.2) is 40.3 Å². The Morgan fingerprint density at radius 1 is 1.26 bits per heavy atom. The van der Waals surface area contributed by atoms with E-state index < -0.39 is 59.5 Å². The van der Waals surface area contributed by atoms with E-state index in [1.807, 2.05) is 0 Å². The standard InChI is InChI=1S/C15H19F2NO5/c1-15(2,3)23-13(20)7-18-12(14(21)22)6-9-10(16)4-8(19)5-11(9)17/h4-5,12,18-19H,6-7H2,1-3H3,(H,21,22)/t12-/m0/s1. The summed E-state index contributed by atoms with van der Waals surface area (Å²) < 4.78 is 32.3. The molecule has 3 N–H and O–H groups in total. The minimum Gasteiger partial charge on any atom is -0.508 e. The number of carboxylic acids is 1. The molecule has 0 aromatic heterocycles. The highest BCUT2D eigenvalue weighted by Crippen LogP contribution is 2.21. The Morgan fingerprint density at radius 3 is 2.22 bits per heavy atom. The summed E-state index contributed by atoms with van der Waals surface area (Å²) in [6.45, 7) is 4.54. The van der Waals surface area contributed by atoms with Gasteiger partial charge in [0, 0.05) is 24.1 Å². The van der Waals surface area contributed by atoms with Gasteiger partial charge in [-0.2, -0.15) is 0 Å². The minimum atomic E-state index is -1.39. The summed E-state index contributed by atoms with van der Waals surface area (Å²) in [6, 6.07) is -0.0211. The van der Waals surface area contributed by atoms with Crippen LogP contribution in [0, 0.1) is 11.6 Å². The fourth-order valence-electron chi connectivity index (χ4n) is 1.82. The number of carbonyl (C=O) groups is 2. The highest BCUT2D eigenvalue weighted by molar-refractivity contribution is 5.76. The van der Waals surface area contributed by atoms with Crippen molar-refractivity contribution >= 4 is 11.9 Å². The Balaban J connectivity index is 2.78. The Bertz CT molecular complexity index is 575. The predicted octanol–water partition coefficient (Wildman–Crippen LogP) is 1.60. The van der Waals surface area contributed by atoms with Crippen LogP contribution in [-0.2, 0) is 20.7 Å². The van der Waals surface area contributed by atoms with Gasteiger partial charge in [0.15, 0.2) is 0 Å². The molecular weight excluding hydrogens is 312 g/mol. The maximum absolute atomic E-state index is 13.6. The third-order valence-corrected chi connectivity index (χ3v) is 2.74. The van der Waals surface area contributed by atoms with Crippen LogP contribution < -0.4 is 5.32 Å². The van der Waals surface area contributed by atoms with Crippen LogP contribution in [0.5, 0.6) is 5.75 Å². The first kappa shape index (κ1) is 18.8. The second-order valence-corrected chi connectivity index (χ2v) is 5.95. The van der Waals surface area contributed by atoms with E-state index in [9.17, 15) is 18.4 Å². The second kappa shape index (κ2) is 7.36. The topological polar surface area (TPSA) is 95.9 Å². The molecule has 0 heterocycles. The van der Waals surface area contributed by atoms with Gasteiger partial charge < -0.3 is 14.9 Å². The first-order chi connectivity index (χ1) is 10.5. The van der Waals surface area contributed by atoms with Crippen LogP contribution >= 0.6 is 0 Å². The summed E-state index contributed by atoms with van der Waals surface area (Å²) >= 11 is 0. The molecule has 6 nitrogen and oxygen atoms in total. The molecule has 0 fully saturated rings. The minimum absolute atomic E-state index is 0.421. The van der Waals surface area contributed by atoms with Crippen molar-refractivity contribution in [1.82, 2.24) is 5.32 Å². The van der Waals surface area contributed by atoms with Crippen molar-refractivity contribution in [2.24, 2.45) is 0 Å². The maximum Gasteiger partial charge on any atom is 0.321 e. The van der Waals surface area contributed by atoms with Crippen molar-refractivity contribution < 1.29 is 33.3 Å². The maximum atomic E-state index is 13.6. The molecule has 1 atom stereocenters. The smallest absolute Gasteiger partial charge is 0.321 e. The van der Waals surface area contributed by atoms with Crippen molar-refractivity contribution in [1.29, 1.82) is 0 Å². The molecule has 0 unspecified atom stereocenters. The zero-order chi connectivity index (χ0) is 17.8. The average molecular weight is 331 g/mol. The first-order valence-electron chi connectivity index (χ1n) is 6.84. The molecule has 128 valence electrons. The van der Waals surface area contributed by atoms with Gasteiger partial charge >= 0.3 is 11.9 Å². The van der Waals surface area contributed by atoms with Crippen LogP contribution in [0.3, 0.4) is 0 Å². The molecule has 0 aliphatic heterocycles. The van der Waals surface area contributed by atoms with Gasteiger partial charge in [-0.1, -0.05) is 0 Å². The summed E-state index contributed by atoms with van der Waals surface area (Å²) in [5.74, 6) is -4.78. The molecule has 0 saturated carbocycles.